The first-order valence-corrected chi connectivity index (χ1v) is 9.97. The van der Waals surface area contributed by atoms with Crippen molar-refractivity contribution in [3.05, 3.63) is 53.1 Å². The minimum Gasteiger partial charge on any atom is -0.495 e. The largest absolute Gasteiger partial charge is 0.495 e. The predicted octanol–water partition coefficient (Wildman–Crippen LogP) is 4.33. The van der Waals surface area contributed by atoms with Crippen molar-refractivity contribution in [3.8, 4) is 5.75 Å². The van der Waals surface area contributed by atoms with E-state index in [1.54, 1.807) is 25.1 Å². The predicted molar refractivity (Wildman–Crippen MR) is 118 cm³/mol. The Balaban J connectivity index is 2.02. The van der Waals surface area contributed by atoms with Gasteiger partial charge in [0.1, 0.15) is 5.75 Å². The van der Waals surface area contributed by atoms with Crippen molar-refractivity contribution in [2.75, 3.05) is 30.8 Å². The minimum absolute atomic E-state index is 0.125. The van der Waals surface area contributed by atoms with E-state index in [4.69, 9.17) is 16.3 Å². The van der Waals surface area contributed by atoms with Crippen LogP contribution in [0.3, 0.4) is 0 Å². The Morgan fingerprint density at radius 3 is 2.52 bits per heavy atom. The SMILES string of the molecule is CCCN(CC(=O)Nc1ccccc1C)C(C)C(=O)Nc1ccc(OC)c(Cl)c1. The highest BCUT2D eigenvalue weighted by Crippen LogP contribution is 2.27. The fourth-order valence-electron chi connectivity index (χ4n) is 2.94. The first kappa shape index (κ1) is 22.7. The normalized spacial score (nSPS) is 11.8. The van der Waals surface area contributed by atoms with Crippen LogP contribution in [-0.4, -0.2) is 43.0 Å². The first-order valence-electron chi connectivity index (χ1n) is 9.59. The second-order valence-corrected chi connectivity index (χ2v) is 7.26. The van der Waals surface area contributed by atoms with Gasteiger partial charge in [0, 0.05) is 11.4 Å². The van der Waals surface area contributed by atoms with E-state index in [2.05, 4.69) is 10.6 Å². The van der Waals surface area contributed by atoms with Gasteiger partial charge in [-0.1, -0.05) is 36.7 Å². The average Bonchev–Trinajstić information content (AvgIpc) is 2.69. The highest BCUT2D eigenvalue weighted by molar-refractivity contribution is 6.32. The number of carbonyl (C=O) groups is 2. The van der Waals surface area contributed by atoms with E-state index in [-0.39, 0.29) is 18.4 Å². The number of anilines is 2. The van der Waals surface area contributed by atoms with Gasteiger partial charge in [-0.15, -0.1) is 0 Å². The number of methoxy groups -OCH3 is 1. The molecule has 0 spiro atoms. The van der Waals surface area contributed by atoms with E-state index < -0.39 is 6.04 Å². The topological polar surface area (TPSA) is 70.7 Å². The van der Waals surface area contributed by atoms with Crippen LogP contribution < -0.4 is 15.4 Å². The molecule has 0 bridgehead atoms. The quantitative estimate of drug-likeness (QED) is 0.636. The lowest BCUT2D eigenvalue weighted by Gasteiger charge is -2.27. The fraction of sp³-hybridized carbons (Fsp3) is 0.364. The number of para-hydroxylation sites is 1. The third kappa shape index (κ3) is 6.48. The highest BCUT2D eigenvalue weighted by Gasteiger charge is 2.23. The molecule has 0 aromatic heterocycles. The molecule has 0 saturated heterocycles. The van der Waals surface area contributed by atoms with Crippen LogP contribution in [0, 0.1) is 6.92 Å². The summed E-state index contributed by atoms with van der Waals surface area (Å²) in [7, 11) is 1.53. The Bertz CT molecular complexity index is 857. The minimum atomic E-state index is -0.488. The van der Waals surface area contributed by atoms with Gasteiger partial charge >= 0.3 is 0 Å². The number of nitrogens with zero attached hydrogens (tertiary/aromatic N) is 1. The number of nitrogens with one attached hydrogen (secondary N) is 2. The summed E-state index contributed by atoms with van der Waals surface area (Å²) in [5.41, 5.74) is 2.34. The smallest absolute Gasteiger partial charge is 0.241 e. The summed E-state index contributed by atoms with van der Waals surface area (Å²) in [5, 5.41) is 6.19. The highest BCUT2D eigenvalue weighted by atomic mass is 35.5. The third-order valence-electron chi connectivity index (χ3n) is 4.62. The molecular formula is C22H28ClN3O3. The van der Waals surface area contributed by atoms with Gasteiger partial charge < -0.3 is 15.4 Å². The molecule has 0 saturated carbocycles. The Kier molecular flexibility index (Phi) is 8.49. The number of hydrogen-bond acceptors (Lipinski definition) is 4. The Labute approximate surface area is 177 Å². The molecule has 7 heteroatoms. The maximum atomic E-state index is 12.7. The molecule has 156 valence electrons. The maximum Gasteiger partial charge on any atom is 0.241 e. The van der Waals surface area contributed by atoms with Crippen molar-refractivity contribution in [2.24, 2.45) is 0 Å². The van der Waals surface area contributed by atoms with Gasteiger partial charge in [-0.3, -0.25) is 14.5 Å². The molecule has 6 nitrogen and oxygen atoms in total. The molecule has 2 rings (SSSR count). The Hall–Kier alpha value is -2.57. The van der Waals surface area contributed by atoms with Crippen LogP contribution in [0.1, 0.15) is 25.8 Å². The van der Waals surface area contributed by atoms with Crippen LogP contribution in [0.2, 0.25) is 5.02 Å². The van der Waals surface area contributed by atoms with Gasteiger partial charge in [0.2, 0.25) is 11.8 Å². The van der Waals surface area contributed by atoms with Crippen molar-refractivity contribution in [1.29, 1.82) is 0 Å². The van der Waals surface area contributed by atoms with Crippen LogP contribution in [-0.2, 0) is 9.59 Å². The van der Waals surface area contributed by atoms with Gasteiger partial charge in [-0.25, -0.2) is 0 Å². The fourth-order valence-corrected chi connectivity index (χ4v) is 3.20. The number of ether oxygens (including phenoxy) is 1. The number of carbonyl (C=O) groups excluding carboxylic acids is 2. The Morgan fingerprint density at radius 2 is 1.90 bits per heavy atom. The molecule has 1 unspecified atom stereocenters. The summed E-state index contributed by atoms with van der Waals surface area (Å²) >= 11 is 6.12. The van der Waals surface area contributed by atoms with E-state index in [0.29, 0.717) is 23.0 Å². The zero-order valence-electron chi connectivity index (χ0n) is 17.3. The van der Waals surface area contributed by atoms with Crippen molar-refractivity contribution >= 4 is 34.8 Å². The summed E-state index contributed by atoms with van der Waals surface area (Å²) in [6.45, 7) is 6.49. The lowest BCUT2D eigenvalue weighted by atomic mass is 10.2. The van der Waals surface area contributed by atoms with Crippen LogP contribution in [0.15, 0.2) is 42.5 Å². The monoisotopic (exact) mass is 417 g/mol. The molecule has 29 heavy (non-hydrogen) atoms. The van der Waals surface area contributed by atoms with Crippen LogP contribution >= 0.6 is 11.6 Å². The van der Waals surface area contributed by atoms with Gasteiger partial charge in [-0.05, 0) is 56.6 Å². The van der Waals surface area contributed by atoms with Crippen LogP contribution in [0.4, 0.5) is 11.4 Å². The van der Waals surface area contributed by atoms with Crippen molar-refractivity contribution in [1.82, 2.24) is 4.90 Å². The zero-order valence-corrected chi connectivity index (χ0v) is 18.0. The van der Waals surface area contributed by atoms with E-state index in [1.807, 2.05) is 43.0 Å². The van der Waals surface area contributed by atoms with Crippen LogP contribution in [0.5, 0.6) is 5.75 Å². The standard InChI is InChI=1S/C22H28ClN3O3/c1-5-12-26(14-21(27)25-19-9-7-6-8-15(19)2)16(3)22(28)24-17-10-11-20(29-4)18(23)13-17/h6-11,13,16H,5,12,14H2,1-4H3,(H,24,28)(H,25,27). The third-order valence-corrected chi connectivity index (χ3v) is 4.92. The number of benzene rings is 2. The molecule has 2 aromatic rings. The molecule has 1 atom stereocenters. The number of aryl methyl sites for hydroxylation is 1. The number of rotatable bonds is 9. The molecule has 0 heterocycles. The van der Waals surface area contributed by atoms with E-state index in [9.17, 15) is 9.59 Å². The molecule has 2 aromatic carbocycles. The van der Waals surface area contributed by atoms with Gasteiger partial charge in [0.15, 0.2) is 0 Å². The van der Waals surface area contributed by atoms with Crippen molar-refractivity contribution < 1.29 is 14.3 Å². The maximum absolute atomic E-state index is 12.7. The zero-order chi connectivity index (χ0) is 21.4. The van der Waals surface area contributed by atoms with Gasteiger partial charge in [0.05, 0.1) is 24.7 Å². The number of amides is 2. The van der Waals surface area contributed by atoms with Crippen LogP contribution in [0.25, 0.3) is 0 Å². The van der Waals surface area contributed by atoms with E-state index in [1.165, 1.54) is 7.11 Å². The van der Waals surface area contributed by atoms with Gasteiger partial charge in [0.25, 0.3) is 0 Å². The van der Waals surface area contributed by atoms with Crippen molar-refractivity contribution in [2.45, 2.75) is 33.2 Å². The average molecular weight is 418 g/mol. The molecule has 0 fully saturated rings. The van der Waals surface area contributed by atoms with E-state index >= 15 is 0 Å². The Morgan fingerprint density at radius 1 is 1.17 bits per heavy atom. The summed E-state index contributed by atoms with van der Waals surface area (Å²) in [5.74, 6) is 0.182. The van der Waals surface area contributed by atoms with E-state index in [0.717, 1.165) is 17.7 Å². The number of hydrogen-bond donors (Lipinski definition) is 2. The first-order chi connectivity index (χ1) is 13.8. The second-order valence-electron chi connectivity index (χ2n) is 6.85. The summed E-state index contributed by atoms with van der Waals surface area (Å²) in [6, 6.07) is 12.2. The lowest BCUT2D eigenvalue weighted by Crippen LogP contribution is -2.46. The van der Waals surface area contributed by atoms with Crippen molar-refractivity contribution in [3.63, 3.8) is 0 Å². The molecule has 0 aliphatic carbocycles. The molecule has 0 aliphatic rings. The summed E-state index contributed by atoms with van der Waals surface area (Å²) in [6.07, 6.45) is 0.823. The summed E-state index contributed by atoms with van der Waals surface area (Å²) < 4.78 is 5.13. The molecule has 2 N–H and O–H groups in total. The molecule has 0 aliphatic heterocycles. The summed E-state index contributed by atoms with van der Waals surface area (Å²) in [4.78, 5) is 27.1. The van der Waals surface area contributed by atoms with Gasteiger partial charge in [-0.2, -0.15) is 0 Å². The molecular weight excluding hydrogens is 390 g/mol. The lowest BCUT2D eigenvalue weighted by molar-refractivity contribution is -0.123. The number of halogens is 1. The molecule has 0 radical (unpaired) electrons. The second kappa shape index (κ2) is 10.8. The molecule has 2 amide bonds.